The van der Waals surface area contributed by atoms with Gasteiger partial charge in [-0.2, -0.15) is 0 Å². The lowest BCUT2D eigenvalue weighted by molar-refractivity contribution is -0.218. The van der Waals surface area contributed by atoms with Crippen LogP contribution in [0, 0.1) is 16.7 Å². The van der Waals surface area contributed by atoms with Crippen LogP contribution in [0.15, 0.2) is 0 Å². The molecule has 3 rings (SSSR count). The highest BCUT2D eigenvalue weighted by Gasteiger charge is 2.69. The van der Waals surface area contributed by atoms with E-state index in [1.807, 2.05) is 0 Å². The molecule has 0 aromatic carbocycles. The molecule has 3 aliphatic rings. The first-order valence-corrected chi connectivity index (χ1v) is 7.71. The molecule has 1 unspecified atom stereocenters. The summed E-state index contributed by atoms with van der Waals surface area (Å²) < 4.78 is 21.9. The van der Waals surface area contributed by atoms with Crippen LogP contribution in [0.25, 0.3) is 0 Å². The molecule has 0 amide bonds. The van der Waals surface area contributed by atoms with Gasteiger partial charge in [0.05, 0.1) is 5.75 Å². The van der Waals surface area contributed by atoms with E-state index in [0.717, 1.165) is 25.2 Å². The molecular formula is C10H17ClO2S. The molecule has 0 N–H and O–H groups in total. The molecule has 2 nitrogen and oxygen atoms in total. The van der Waals surface area contributed by atoms with Crippen molar-refractivity contribution in [1.82, 2.24) is 0 Å². The normalized spacial score (nSPS) is 42.5. The van der Waals surface area contributed by atoms with E-state index in [1.54, 1.807) is 0 Å². The fourth-order valence-corrected chi connectivity index (χ4v) is 5.29. The van der Waals surface area contributed by atoms with Gasteiger partial charge in [-0.3, -0.25) is 0 Å². The van der Waals surface area contributed by atoms with Crippen molar-refractivity contribution < 1.29 is 8.42 Å². The zero-order valence-electron chi connectivity index (χ0n) is 8.72. The zero-order chi connectivity index (χ0) is 10.6. The van der Waals surface area contributed by atoms with Crippen molar-refractivity contribution in [2.24, 2.45) is 16.7 Å². The topological polar surface area (TPSA) is 34.1 Å². The highest BCUT2D eigenvalue weighted by molar-refractivity contribution is 8.13. The molecule has 1 atom stereocenters. The lowest BCUT2D eigenvalue weighted by Gasteiger charge is -2.73. The van der Waals surface area contributed by atoms with Crippen molar-refractivity contribution in [1.29, 1.82) is 0 Å². The van der Waals surface area contributed by atoms with E-state index in [-0.39, 0.29) is 11.2 Å². The minimum atomic E-state index is -3.29. The molecule has 0 aromatic heterocycles. The predicted molar refractivity (Wildman–Crippen MR) is 57.8 cm³/mol. The second-order valence-electron chi connectivity index (χ2n) is 5.39. The molecule has 2 bridgehead atoms. The lowest BCUT2D eigenvalue weighted by Crippen LogP contribution is -2.66. The molecule has 4 heteroatoms. The Morgan fingerprint density at radius 1 is 1.36 bits per heavy atom. The number of halogens is 1. The maximum Gasteiger partial charge on any atom is 0.233 e. The van der Waals surface area contributed by atoms with E-state index in [9.17, 15) is 8.42 Å². The Bertz CT molecular complexity index is 327. The molecule has 3 aliphatic carbocycles. The highest BCUT2D eigenvalue weighted by Crippen LogP contribution is 2.76. The van der Waals surface area contributed by atoms with Gasteiger partial charge in [-0.05, 0) is 36.0 Å². The third kappa shape index (κ3) is 1.49. The maximum absolute atomic E-state index is 11.0. The van der Waals surface area contributed by atoms with Crippen LogP contribution in [0.5, 0.6) is 0 Å². The lowest BCUT2D eigenvalue weighted by atomic mass is 9.32. The second-order valence-corrected chi connectivity index (χ2v) is 8.16. The van der Waals surface area contributed by atoms with E-state index in [4.69, 9.17) is 10.7 Å². The third-order valence-corrected chi connectivity index (χ3v) is 5.60. The molecule has 0 radical (unpaired) electrons. The van der Waals surface area contributed by atoms with Gasteiger partial charge in [0.2, 0.25) is 9.05 Å². The predicted octanol–water partition coefficient (Wildman–Crippen LogP) is 2.77. The van der Waals surface area contributed by atoms with E-state index < -0.39 is 9.05 Å². The molecule has 0 spiro atoms. The monoisotopic (exact) mass is 236 g/mol. The van der Waals surface area contributed by atoms with Gasteiger partial charge in [0.25, 0.3) is 0 Å². The number of rotatable bonds is 4. The average molecular weight is 237 g/mol. The van der Waals surface area contributed by atoms with Crippen LogP contribution in [0.3, 0.4) is 0 Å². The largest absolute Gasteiger partial charge is 0.233 e. The zero-order valence-corrected chi connectivity index (χ0v) is 10.3. The Hall–Kier alpha value is 0.240. The van der Waals surface area contributed by atoms with Crippen LogP contribution < -0.4 is 0 Å². The van der Waals surface area contributed by atoms with Gasteiger partial charge in [-0.15, -0.1) is 0 Å². The summed E-state index contributed by atoms with van der Waals surface area (Å²) in [4.78, 5) is 0. The van der Waals surface area contributed by atoms with E-state index in [1.165, 1.54) is 6.42 Å². The van der Waals surface area contributed by atoms with Crippen LogP contribution in [0.4, 0.5) is 0 Å². The van der Waals surface area contributed by atoms with Gasteiger partial charge >= 0.3 is 0 Å². The van der Waals surface area contributed by atoms with Crippen molar-refractivity contribution in [2.45, 2.75) is 39.5 Å². The first kappa shape index (κ1) is 10.7. The second kappa shape index (κ2) is 2.88. The summed E-state index contributed by atoms with van der Waals surface area (Å²) in [7, 11) is 1.99. The molecular weight excluding hydrogens is 220 g/mol. The summed E-state index contributed by atoms with van der Waals surface area (Å²) in [6, 6.07) is 0. The van der Waals surface area contributed by atoms with E-state index in [2.05, 4.69) is 13.8 Å². The summed E-state index contributed by atoms with van der Waals surface area (Å²) in [5.74, 6) is 0.933. The Morgan fingerprint density at radius 2 is 1.86 bits per heavy atom. The molecule has 0 aromatic rings. The van der Waals surface area contributed by atoms with Crippen LogP contribution in [-0.4, -0.2) is 14.2 Å². The molecule has 0 aliphatic heterocycles. The van der Waals surface area contributed by atoms with Crippen molar-refractivity contribution in [3.05, 3.63) is 0 Å². The van der Waals surface area contributed by atoms with Gasteiger partial charge < -0.3 is 0 Å². The fourth-order valence-electron chi connectivity index (χ4n) is 3.56. The van der Waals surface area contributed by atoms with Crippen molar-refractivity contribution >= 4 is 19.7 Å². The summed E-state index contributed by atoms with van der Waals surface area (Å²) in [5, 5.41) is 0. The summed E-state index contributed by atoms with van der Waals surface area (Å²) in [6.07, 6.45) is 4.45. The molecule has 82 valence electrons. The van der Waals surface area contributed by atoms with E-state index in [0.29, 0.717) is 5.41 Å². The number of hydrogen-bond acceptors (Lipinski definition) is 2. The molecule has 14 heavy (non-hydrogen) atoms. The van der Waals surface area contributed by atoms with Crippen LogP contribution >= 0.6 is 10.7 Å². The molecule has 3 fully saturated rings. The quantitative estimate of drug-likeness (QED) is 0.704. The summed E-state index contributed by atoms with van der Waals surface area (Å²) >= 11 is 0. The first-order chi connectivity index (χ1) is 6.31. The molecule has 0 saturated heterocycles. The van der Waals surface area contributed by atoms with Crippen molar-refractivity contribution in [2.75, 3.05) is 5.75 Å². The van der Waals surface area contributed by atoms with Crippen molar-refractivity contribution in [3.63, 3.8) is 0 Å². The number of hydrogen-bond donors (Lipinski definition) is 0. The SMILES string of the molecule is CCC(C)C12CC(CS(=O)(=O)Cl)(C1)C2. The van der Waals surface area contributed by atoms with Crippen LogP contribution in [0.1, 0.15) is 39.5 Å². The average Bonchev–Trinajstić information content (AvgIpc) is 1.90. The van der Waals surface area contributed by atoms with Gasteiger partial charge in [0.15, 0.2) is 0 Å². The summed E-state index contributed by atoms with van der Waals surface area (Å²) in [6.45, 7) is 4.48. The van der Waals surface area contributed by atoms with Crippen LogP contribution in [-0.2, 0) is 9.05 Å². The highest BCUT2D eigenvalue weighted by atomic mass is 35.7. The van der Waals surface area contributed by atoms with Crippen molar-refractivity contribution in [3.8, 4) is 0 Å². The summed E-state index contributed by atoms with van der Waals surface area (Å²) in [5.41, 5.74) is 0.556. The smallest absolute Gasteiger partial charge is 0.212 e. The Labute approximate surface area is 90.4 Å². The Morgan fingerprint density at radius 3 is 2.21 bits per heavy atom. The van der Waals surface area contributed by atoms with Gasteiger partial charge in [-0.1, -0.05) is 20.3 Å². The Kier molecular flexibility index (Phi) is 2.21. The first-order valence-electron chi connectivity index (χ1n) is 5.23. The van der Waals surface area contributed by atoms with Crippen LogP contribution in [0.2, 0.25) is 0 Å². The van der Waals surface area contributed by atoms with Gasteiger partial charge in [0.1, 0.15) is 0 Å². The minimum absolute atomic E-state index is 0.0734. The maximum atomic E-state index is 11.0. The van der Waals surface area contributed by atoms with E-state index >= 15 is 0 Å². The standard InChI is InChI=1S/C10H17ClO2S/c1-3-8(2)10-4-9(5-10,6-10)7-14(11,12)13/h8H,3-7H2,1-2H3. The molecule has 0 heterocycles. The minimum Gasteiger partial charge on any atom is -0.212 e. The Balaban J connectivity index is 1.95. The third-order valence-electron chi connectivity index (χ3n) is 4.32. The van der Waals surface area contributed by atoms with Gasteiger partial charge in [0, 0.05) is 10.7 Å². The van der Waals surface area contributed by atoms with Gasteiger partial charge in [-0.25, -0.2) is 8.42 Å². The fraction of sp³-hybridized carbons (Fsp3) is 1.00. The molecule has 3 saturated carbocycles.